The zero-order chi connectivity index (χ0) is 13.1. The summed E-state index contributed by atoms with van der Waals surface area (Å²) in [6.07, 6.45) is 2.60. The van der Waals surface area contributed by atoms with Gasteiger partial charge in [-0.15, -0.1) is 0 Å². The van der Waals surface area contributed by atoms with E-state index in [9.17, 15) is 0 Å². The summed E-state index contributed by atoms with van der Waals surface area (Å²) >= 11 is 2.03. The molecule has 1 atom stereocenters. The Bertz CT molecular complexity index is 568. The highest BCUT2D eigenvalue weighted by Crippen LogP contribution is 2.27. The molecule has 3 rings (SSSR count). The number of fused-ring (bicyclic) bond motifs is 1. The molecule has 1 aliphatic rings. The molecular weight excluding hydrogens is 258 g/mol. The monoisotopic (exact) mass is 275 g/mol. The van der Waals surface area contributed by atoms with Crippen LogP contribution in [0.1, 0.15) is 12.8 Å². The molecule has 2 aromatic rings. The van der Waals surface area contributed by atoms with Gasteiger partial charge in [-0.3, -0.25) is 5.43 Å². The maximum absolute atomic E-state index is 5.42. The van der Waals surface area contributed by atoms with Crippen molar-refractivity contribution in [3.8, 4) is 0 Å². The number of benzene rings is 1. The van der Waals surface area contributed by atoms with Crippen LogP contribution in [0.15, 0.2) is 24.3 Å². The summed E-state index contributed by atoms with van der Waals surface area (Å²) in [6.45, 7) is 0.940. The summed E-state index contributed by atoms with van der Waals surface area (Å²) in [4.78, 5) is 8.75. The van der Waals surface area contributed by atoms with Crippen molar-refractivity contribution in [1.82, 2.24) is 9.97 Å². The molecule has 1 aliphatic heterocycles. The first-order chi connectivity index (χ1) is 9.36. The van der Waals surface area contributed by atoms with Gasteiger partial charge in [0.05, 0.1) is 5.52 Å². The number of para-hydroxylation sites is 1. The Morgan fingerprint density at radius 2 is 2.21 bits per heavy atom. The zero-order valence-electron chi connectivity index (χ0n) is 10.6. The molecule has 5 nitrogen and oxygen atoms in total. The number of nitrogens with zero attached hydrogens (tertiary/aromatic N) is 2. The third-order valence-corrected chi connectivity index (χ3v) is 4.65. The molecule has 0 saturated carbocycles. The number of rotatable bonds is 4. The minimum atomic E-state index is 0.445. The standard InChI is InChI=1S/C13H17N5S/c14-18-13-16-11-6-2-1-5-10(11)12(17-13)15-8-9-4-3-7-19-9/h1-2,5-6,9H,3-4,7-8,14H2,(H2,15,16,17,18). The summed E-state index contributed by atoms with van der Waals surface area (Å²) in [5, 5.41) is 5.15. The van der Waals surface area contributed by atoms with Gasteiger partial charge in [0.2, 0.25) is 5.95 Å². The highest BCUT2D eigenvalue weighted by Gasteiger charge is 2.16. The van der Waals surface area contributed by atoms with Gasteiger partial charge in [0.15, 0.2) is 0 Å². The minimum absolute atomic E-state index is 0.445. The molecular formula is C13H17N5S. The van der Waals surface area contributed by atoms with E-state index in [1.54, 1.807) is 0 Å². The fraction of sp³-hybridized carbons (Fsp3) is 0.385. The van der Waals surface area contributed by atoms with Crippen molar-refractivity contribution in [3.63, 3.8) is 0 Å². The van der Waals surface area contributed by atoms with Crippen LogP contribution in [0.2, 0.25) is 0 Å². The average molecular weight is 275 g/mol. The predicted molar refractivity (Wildman–Crippen MR) is 81.3 cm³/mol. The third kappa shape index (κ3) is 2.74. The topological polar surface area (TPSA) is 75.9 Å². The van der Waals surface area contributed by atoms with Crippen molar-refractivity contribution in [1.29, 1.82) is 0 Å². The predicted octanol–water partition coefficient (Wildman–Crippen LogP) is 2.22. The molecule has 0 bridgehead atoms. The fourth-order valence-corrected chi connectivity index (χ4v) is 3.49. The third-order valence-electron chi connectivity index (χ3n) is 3.25. The first-order valence-electron chi connectivity index (χ1n) is 6.45. The molecule has 1 aromatic carbocycles. The zero-order valence-corrected chi connectivity index (χ0v) is 11.4. The Balaban J connectivity index is 1.87. The molecule has 6 heteroatoms. The fourth-order valence-electron chi connectivity index (χ4n) is 2.29. The van der Waals surface area contributed by atoms with E-state index in [0.29, 0.717) is 11.2 Å². The van der Waals surface area contributed by atoms with Crippen molar-refractivity contribution in [3.05, 3.63) is 24.3 Å². The maximum Gasteiger partial charge on any atom is 0.239 e. The molecule has 19 heavy (non-hydrogen) atoms. The molecule has 0 amide bonds. The van der Waals surface area contributed by atoms with Gasteiger partial charge < -0.3 is 5.32 Å². The molecule has 0 spiro atoms. The molecule has 4 N–H and O–H groups in total. The van der Waals surface area contributed by atoms with Crippen LogP contribution in [0, 0.1) is 0 Å². The first kappa shape index (κ1) is 12.5. The first-order valence-corrected chi connectivity index (χ1v) is 7.50. The number of hydrogen-bond acceptors (Lipinski definition) is 6. The highest BCUT2D eigenvalue weighted by molar-refractivity contribution is 8.00. The van der Waals surface area contributed by atoms with Gasteiger partial charge >= 0.3 is 0 Å². The SMILES string of the molecule is NNc1nc(NCC2CCCS2)c2ccccc2n1. The number of nitrogens with one attached hydrogen (secondary N) is 2. The van der Waals surface area contributed by atoms with Crippen LogP contribution in [-0.4, -0.2) is 27.5 Å². The van der Waals surface area contributed by atoms with E-state index in [0.717, 1.165) is 23.3 Å². The smallest absolute Gasteiger partial charge is 0.239 e. The van der Waals surface area contributed by atoms with Crippen LogP contribution in [0.25, 0.3) is 10.9 Å². The molecule has 1 unspecified atom stereocenters. The Labute approximate surface area is 116 Å². The second-order valence-electron chi connectivity index (χ2n) is 4.57. The Hall–Kier alpha value is -1.53. The number of hydrazine groups is 1. The molecule has 100 valence electrons. The van der Waals surface area contributed by atoms with Crippen molar-refractivity contribution >= 4 is 34.4 Å². The number of thioether (sulfide) groups is 1. The summed E-state index contributed by atoms with van der Waals surface area (Å²) < 4.78 is 0. The summed E-state index contributed by atoms with van der Waals surface area (Å²) in [5.74, 6) is 7.99. The van der Waals surface area contributed by atoms with Gasteiger partial charge in [0.1, 0.15) is 5.82 Å². The van der Waals surface area contributed by atoms with E-state index in [1.165, 1.54) is 18.6 Å². The summed E-state index contributed by atoms with van der Waals surface area (Å²) in [7, 11) is 0. The Kier molecular flexibility index (Phi) is 3.70. The Morgan fingerprint density at radius 1 is 1.32 bits per heavy atom. The van der Waals surface area contributed by atoms with Gasteiger partial charge in [-0.1, -0.05) is 12.1 Å². The maximum atomic E-state index is 5.42. The second-order valence-corrected chi connectivity index (χ2v) is 5.98. The van der Waals surface area contributed by atoms with E-state index in [-0.39, 0.29) is 0 Å². The summed E-state index contributed by atoms with van der Waals surface area (Å²) in [6, 6.07) is 7.95. The van der Waals surface area contributed by atoms with Crippen LogP contribution < -0.4 is 16.6 Å². The molecule has 1 saturated heterocycles. The van der Waals surface area contributed by atoms with Crippen LogP contribution in [0.5, 0.6) is 0 Å². The second kappa shape index (κ2) is 5.63. The lowest BCUT2D eigenvalue weighted by Crippen LogP contribution is -2.16. The van der Waals surface area contributed by atoms with Crippen LogP contribution in [0.4, 0.5) is 11.8 Å². The quantitative estimate of drug-likeness (QED) is 0.587. The largest absolute Gasteiger partial charge is 0.368 e. The lowest BCUT2D eigenvalue weighted by atomic mass is 10.2. The minimum Gasteiger partial charge on any atom is -0.368 e. The number of aromatic nitrogens is 2. The normalized spacial score (nSPS) is 18.7. The lowest BCUT2D eigenvalue weighted by molar-refractivity contribution is 0.804. The van der Waals surface area contributed by atoms with Gasteiger partial charge in [-0.2, -0.15) is 16.7 Å². The molecule has 1 fully saturated rings. The summed E-state index contributed by atoms with van der Waals surface area (Å²) in [5.41, 5.74) is 3.42. The van der Waals surface area contributed by atoms with Crippen LogP contribution >= 0.6 is 11.8 Å². The highest BCUT2D eigenvalue weighted by atomic mass is 32.2. The van der Waals surface area contributed by atoms with E-state index in [1.807, 2.05) is 36.0 Å². The van der Waals surface area contributed by atoms with Crippen molar-refractivity contribution in [2.45, 2.75) is 18.1 Å². The van der Waals surface area contributed by atoms with Gasteiger partial charge in [-0.05, 0) is 30.7 Å². The van der Waals surface area contributed by atoms with Gasteiger partial charge in [0.25, 0.3) is 0 Å². The molecule has 0 aliphatic carbocycles. The number of nitrogen functional groups attached to an aromatic ring is 1. The van der Waals surface area contributed by atoms with Crippen molar-refractivity contribution in [2.75, 3.05) is 23.0 Å². The number of nitrogens with two attached hydrogens (primary N) is 1. The van der Waals surface area contributed by atoms with Crippen molar-refractivity contribution < 1.29 is 0 Å². The van der Waals surface area contributed by atoms with E-state index >= 15 is 0 Å². The van der Waals surface area contributed by atoms with Gasteiger partial charge in [-0.25, -0.2) is 10.8 Å². The number of anilines is 2. The Morgan fingerprint density at radius 3 is 3.00 bits per heavy atom. The average Bonchev–Trinajstić information content (AvgIpc) is 2.97. The van der Waals surface area contributed by atoms with Crippen LogP contribution in [-0.2, 0) is 0 Å². The van der Waals surface area contributed by atoms with E-state index in [2.05, 4.69) is 20.7 Å². The molecule has 0 radical (unpaired) electrons. The van der Waals surface area contributed by atoms with Gasteiger partial charge in [0, 0.05) is 17.2 Å². The lowest BCUT2D eigenvalue weighted by Gasteiger charge is -2.13. The number of hydrogen-bond donors (Lipinski definition) is 3. The molecule has 1 aromatic heterocycles. The molecule has 2 heterocycles. The van der Waals surface area contributed by atoms with Crippen LogP contribution in [0.3, 0.4) is 0 Å². The van der Waals surface area contributed by atoms with E-state index < -0.39 is 0 Å². The van der Waals surface area contributed by atoms with Crippen molar-refractivity contribution in [2.24, 2.45) is 5.84 Å². The van der Waals surface area contributed by atoms with E-state index in [4.69, 9.17) is 5.84 Å².